The fourth-order valence-corrected chi connectivity index (χ4v) is 2.97. The van der Waals surface area contributed by atoms with Crippen molar-refractivity contribution in [2.24, 2.45) is 0 Å². The molecule has 0 saturated carbocycles. The van der Waals surface area contributed by atoms with Gasteiger partial charge in [-0.05, 0) is 49.5 Å². The van der Waals surface area contributed by atoms with Gasteiger partial charge in [0.05, 0.1) is 17.9 Å². The highest BCUT2D eigenvalue weighted by atomic mass is 35.5. The number of anilines is 2. The maximum atomic E-state index is 12.4. The van der Waals surface area contributed by atoms with Gasteiger partial charge in [-0.15, -0.1) is 0 Å². The summed E-state index contributed by atoms with van der Waals surface area (Å²) >= 11 is 0. The first-order chi connectivity index (χ1) is 15.2. The zero-order valence-corrected chi connectivity index (χ0v) is 20.0. The van der Waals surface area contributed by atoms with E-state index in [-0.39, 0.29) is 30.6 Å². The molecule has 0 bridgehead atoms. The Morgan fingerprint density at radius 2 is 1.73 bits per heavy atom. The monoisotopic (exact) mass is 479 g/mol. The van der Waals surface area contributed by atoms with E-state index in [1.807, 2.05) is 31.1 Å². The minimum absolute atomic E-state index is 0. The molecular weight excluding hydrogens is 450 g/mol. The van der Waals surface area contributed by atoms with E-state index in [0.29, 0.717) is 29.9 Å². The number of nitrogens with zero attached hydrogens (tertiary/aromatic N) is 3. The highest BCUT2D eigenvalue weighted by Crippen LogP contribution is 2.25. The highest BCUT2D eigenvalue weighted by Gasteiger charge is 2.16. The van der Waals surface area contributed by atoms with E-state index < -0.39 is 11.0 Å². The zero-order chi connectivity index (χ0) is 23.7. The van der Waals surface area contributed by atoms with E-state index in [4.69, 9.17) is 4.74 Å². The second-order valence-corrected chi connectivity index (χ2v) is 7.58. The van der Waals surface area contributed by atoms with E-state index >= 15 is 0 Å². The molecule has 33 heavy (non-hydrogen) atoms. The van der Waals surface area contributed by atoms with Gasteiger partial charge in [0.15, 0.2) is 0 Å². The Morgan fingerprint density at radius 3 is 2.30 bits per heavy atom. The van der Waals surface area contributed by atoms with Crippen molar-refractivity contribution in [1.29, 1.82) is 0 Å². The number of primary amides is 1. The third kappa shape index (κ3) is 8.68. The van der Waals surface area contributed by atoms with Crippen LogP contribution in [0.1, 0.15) is 11.1 Å². The summed E-state index contributed by atoms with van der Waals surface area (Å²) in [7, 11) is 7.10. The SMILES string of the molecule is CNc1cc(COC(=O)N(C)c2ccc(CC(=O)[NH2+]CCN(C)C)cc2)ccc1[N+](=O)[O-].[Cl-]. The molecule has 0 aliphatic rings. The lowest BCUT2D eigenvalue weighted by Gasteiger charge is -2.17. The molecule has 2 aromatic carbocycles. The van der Waals surface area contributed by atoms with E-state index in [1.54, 1.807) is 43.7 Å². The summed E-state index contributed by atoms with van der Waals surface area (Å²) in [5.74, 6) is 0.0661. The van der Waals surface area contributed by atoms with Crippen molar-refractivity contribution < 1.29 is 37.0 Å². The van der Waals surface area contributed by atoms with Gasteiger partial charge in [-0.25, -0.2) is 9.59 Å². The average Bonchev–Trinajstić information content (AvgIpc) is 2.76. The number of carbonyl (C=O) groups is 2. The van der Waals surface area contributed by atoms with Crippen molar-refractivity contribution >= 4 is 29.1 Å². The van der Waals surface area contributed by atoms with E-state index in [1.165, 1.54) is 11.0 Å². The molecule has 0 atom stereocenters. The van der Waals surface area contributed by atoms with Gasteiger partial charge in [-0.3, -0.25) is 20.3 Å². The van der Waals surface area contributed by atoms with Crippen LogP contribution in [-0.2, 0) is 22.6 Å². The third-order valence-electron chi connectivity index (χ3n) is 4.81. The molecule has 2 amide bonds. The molecule has 10 nitrogen and oxygen atoms in total. The van der Waals surface area contributed by atoms with Crippen LogP contribution in [0.3, 0.4) is 0 Å². The number of benzene rings is 2. The number of rotatable bonds is 10. The Balaban J connectivity index is 0.00000544. The number of ether oxygens (including phenoxy) is 1. The first-order valence-electron chi connectivity index (χ1n) is 10.2. The number of halogens is 1. The molecule has 2 aromatic rings. The van der Waals surface area contributed by atoms with Crippen LogP contribution in [-0.4, -0.2) is 63.1 Å². The quantitative estimate of drug-likeness (QED) is 0.318. The van der Waals surface area contributed by atoms with Gasteiger partial charge in [0.2, 0.25) is 0 Å². The van der Waals surface area contributed by atoms with Crippen LogP contribution in [0.4, 0.5) is 21.9 Å². The number of nitrogens with one attached hydrogen (secondary N) is 1. The largest absolute Gasteiger partial charge is 1.00 e. The van der Waals surface area contributed by atoms with Crippen LogP contribution < -0.4 is 27.9 Å². The summed E-state index contributed by atoms with van der Waals surface area (Å²) in [5.41, 5.74) is 2.42. The number of quaternary nitrogens is 1. The highest BCUT2D eigenvalue weighted by molar-refractivity contribution is 5.87. The fourth-order valence-electron chi connectivity index (χ4n) is 2.97. The third-order valence-corrected chi connectivity index (χ3v) is 4.81. The second kappa shape index (κ2) is 13.4. The molecule has 0 fully saturated rings. The molecule has 0 aromatic heterocycles. The van der Waals surface area contributed by atoms with Gasteiger partial charge < -0.3 is 27.4 Å². The van der Waals surface area contributed by atoms with Crippen molar-refractivity contribution in [2.75, 3.05) is 51.5 Å². The van der Waals surface area contributed by atoms with Crippen molar-refractivity contribution in [3.05, 3.63) is 63.7 Å². The predicted molar refractivity (Wildman–Crippen MR) is 122 cm³/mol. The second-order valence-electron chi connectivity index (χ2n) is 7.58. The first-order valence-corrected chi connectivity index (χ1v) is 10.2. The lowest BCUT2D eigenvalue weighted by atomic mass is 10.1. The average molecular weight is 480 g/mol. The summed E-state index contributed by atoms with van der Waals surface area (Å²) in [5, 5.41) is 15.5. The Labute approximate surface area is 199 Å². The summed E-state index contributed by atoms with van der Waals surface area (Å²) in [6.07, 6.45) is -0.245. The van der Waals surface area contributed by atoms with Crippen LogP contribution >= 0.6 is 0 Å². The number of nitro groups is 1. The van der Waals surface area contributed by atoms with E-state index in [0.717, 1.165) is 12.1 Å². The number of carbonyl (C=O) groups excluding carboxylic acids is 2. The molecule has 0 heterocycles. The van der Waals surface area contributed by atoms with Gasteiger partial charge in [0.1, 0.15) is 12.3 Å². The lowest BCUT2D eigenvalue weighted by Crippen LogP contribution is -3.00. The molecule has 0 radical (unpaired) electrons. The van der Waals surface area contributed by atoms with Crippen molar-refractivity contribution in [2.45, 2.75) is 13.0 Å². The number of nitro benzene ring substituents is 1. The predicted octanol–water partition coefficient (Wildman–Crippen LogP) is -1.39. The van der Waals surface area contributed by atoms with Crippen molar-refractivity contribution in [3.63, 3.8) is 0 Å². The zero-order valence-electron chi connectivity index (χ0n) is 19.2. The topological polar surface area (TPSA) is 122 Å². The van der Waals surface area contributed by atoms with Crippen LogP contribution in [0.2, 0.25) is 0 Å². The number of hydrogen-bond donors (Lipinski definition) is 2. The fraction of sp³-hybridized carbons (Fsp3) is 0.364. The molecule has 0 unspecified atom stereocenters. The van der Waals surface area contributed by atoms with Crippen LogP contribution in [0.5, 0.6) is 0 Å². The van der Waals surface area contributed by atoms with Crippen LogP contribution in [0, 0.1) is 10.1 Å². The molecule has 0 aliphatic heterocycles. The van der Waals surface area contributed by atoms with Gasteiger partial charge in [0, 0.05) is 32.4 Å². The number of hydrogen-bond acceptors (Lipinski definition) is 7. The van der Waals surface area contributed by atoms with Crippen molar-refractivity contribution in [1.82, 2.24) is 4.90 Å². The van der Waals surface area contributed by atoms with Crippen molar-refractivity contribution in [3.8, 4) is 0 Å². The Morgan fingerprint density at radius 1 is 1.09 bits per heavy atom. The van der Waals surface area contributed by atoms with Gasteiger partial charge in [-0.2, -0.15) is 0 Å². The summed E-state index contributed by atoms with van der Waals surface area (Å²) < 4.78 is 5.33. The normalized spacial score (nSPS) is 10.3. The molecular formula is C22H30ClN5O5. The molecule has 11 heteroatoms. The number of amides is 2. The molecule has 3 N–H and O–H groups in total. The van der Waals surface area contributed by atoms with Crippen LogP contribution in [0.25, 0.3) is 0 Å². The molecule has 2 rings (SSSR count). The molecule has 0 spiro atoms. The maximum Gasteiger partial charge on any atom is 0.414 e. The smallest absolute Gasteiger partial charge is 0.414 e. The number of nitrogens with two attached hydrogens (primary N) is 1. The van der Waals surface area contributed by atoms with E-state index in [9.17, 15) is 19.7 Å². The summed E-state index contributed by atoms with van der Waals surface area (Å²) in [6.45, 7) is 1.52. The Hall–Kier alpha value is -3.21. The Kier molecular flexibility index (Phi) is 11.3. The lowest BCUT2D eigenvalue weighted by molar-refractivity contribution is -0.568. The minimum atomic E-state index is -0.560. The Bertz CT molecular complexity index is 953. The summed E-state index contributed by atoms with van der Waals surface area (Å²) in [4.78, 5) is 38.4. The van der Waals surface area contributed by atoms with E-state index in [2.05, 4.69) is 5.32 Å². The first kappa shape index (κ1) is 27.8. The van der Waals surface area contributed by atoms with Gasteiger partial charge >= 0.3 is 12.0 Å². The van der Waals surface area contributed by atoms with Gasteiger partial charge in [-0.1, -0.05) is 12.1 Å². The van der Waals surface area contributed by atoms with Gasteiger partial charge in [0.25, 0.3) is 5.69 Å². The minimum Gasteiger partial charge on any atom is -1.00 e. The molecule has 180 valence electrons. The standard InChI is InChI=1S/C22H29N5O5.ClH/c1-23-19-13-17(7-10-20(19)27(30)31)15-32-22(29)26(4)18-8-5-16(6-9-18)14-21(28)24-11-12-25(2)3;/h5-10,13,23H,11-12,14-15H2,1-4H3,(H,24,28);1H. The number of likely N-dealkylation sites (N-methyl/N-ethyl adjacent to an activating group) is 1. The molecule has 0 saturated heterocycles. The molecule has 0 aliphatic carbocycles. The van der Waals surface area contributed by atoms with Crippen LogP contribution in [0.15, 0.2) is 42.5 Å². The maximum absolute atomic E-state index is 12.4. The summed E-state index contributed by atoms with van der Waals surface area (Å²) in [6, 6.07) is 11.6.